The number of nitrogens with zero attached hydrogens (tertiary/aromatic N) is 2. The van der Waals surface area contributed by atoms with Gasteiger partial charge in [-0.3, -0.25) is 9.78 Å². The highest BCUT2D eigenvalue weighted by molar-refractivity contribution is 6.07. The number of fused-ring (bicyclic) bond motifs is 1. The van der Waals surface area contributed by atoms with Crippen molar-refractivity contribution in [1.29, 1.82) is 0 Å². The van der Waals surface area contributed by atoms with Gasteiger partial charge in [-0.05, 0) is 36.8 Å². The SMILES string of the molecule is CC(NC(=O)N1C(=O)[C@H](Cc2ccccn2)[C@H]1C(=O)O)c1ccc2c(c1)OC(F)(F)O2. The van der Waals surface area contributed by atoms with Crippen LogP contribution in [0.4, 0.5) is 13.6 Å². The lowest BCUT2D eigenvalue weighted by molar-refractivity contribution is -0.286. The van der Waals surface area contributed by atoms with Gasteiger partial charge < -0.3 is 19.9 Å². The molecule has 0 spiro atoms. The normalized spacial score (nSPS) is 21.9. The molecule has 2 aliphatic rings. The predicted molar refractivity (Wildman–Crippen MR) is 99.3 cm³/mol. The average molecular weight is 433 g/mol. The first kappa shape index (κ1) is 20.5. The lowest BCUT2D eigenvalue weighted by atomic mass is 9.83. The molecule has 4 rings (SSSR count). The van der Waals surface area contributed by atoms with Gasteiger partial charge in [-0.15, -0.1) is 8.78 Å². The van der Waals surface area contributed by atoms with Gasteiger partial charge in [0.25, 0.3) is 0 Å². The molecule has 0 bridgehead atoms. The molecule has 1 saturated heterocycles. The summed E-state index contributed by atoms with van der Waals surface area (Å²) in [4.78, 5) is 41.6. The first-order valence-corrected chi connectivity index (χ1v) is 9.32. The van der Waals surface area contributed by atoms with Crippen molar-refractivity contribution in [2.45, 2.75) is 31.7 Å². The van der Waals surface area contributed by atoms with Gasteiger partial charge in [0.1, 0.15) is 0 Å². The summed E-state index contributed by atoms with van der Waals surface area (Å²) in [5.74, 6) is -3.20. The van der Waals surface area contributed by atoms with E-state index in [1.165, 1.54) is 24.4 Å². The smallest absolute Gasteiger partial charge is 0.480 e. The number of nitrogens with one attached hydrogen (secondary N) is 1. The number of halogens is 2. The second-order valence-corrected chi connectivity index (χ2v) is 7.17. The van der Waals surface area contributed by atoms with Crippen molar-refractivity contribution in [1.82, 2.24) is 15.2 Å². The summed E-state index contributed by atoms with van der Waals surface area (Å²) in [5, 5.41) is 12.0. The third-order valence-electron chi connectivity index (χ3n) is 5.11. The number of carbonyl (C=O) groups excluding carboxylic acids is 2. The largest absolute Gasteiger partial charge is 0.586 e. The maximum absolute atomic E-state index is 13.2. The van der Waals surface area contributed by atoms with Crippen molar-refractivity contribution in [2.24, 2.45) is 5.92 Å². The summed E-state index contributed by atoms with van der Waals surface area (Å²) in [6.45, 7) is 1.55. The summed E-state index contributed by atoms with van der Waals surface area (Å²) in [6.07, 6.45) is -2.15. The second kappa shape index (κ2) is 7.49. The third-order valence-corrected chi connectivity index (χ3v) is 5.11. The number of amides is 3. The van der Waals surface area contributed by atoms with Crippen molar-refractivity contribution in [3.05, 3.63) is 53.9 Å². The van der Waals surface area contributed by atoms with E-state index in [1.807, 2.05) is 0 Å². The molecular weight excluding hydrogens is 416 g/mol. The number of aliphatic carboxylic acids is 1. The molecule has 1 aromatic heterocycles. The second-order valence-electron chi connectivity index (χ2n) is 7.17. The van der Waals surface area contributed by atoms with Crippen LogP contribution in [0, 0.1) is 5.92 Å². The highest BCUT2D eigenvalue weighted by atomic mass is 19.3. The number of aromatic nitrogens is 1. The van der Waals surface area contributed by atoms with Gasteiger partial charge in [-0.1, -0.05) is 12.1 Å². The van der Waals surface area contributed by atoms with Gasteiger partial charge in [-0.25, -0.2) is 14.5 Å². The first-order chi connectivity index (χ1) is 14.7. The first-order valence-electron chi connectivity index (χ1n) is 9.32. The van der Waals surface area contributed by atoms with E-state index in [0.29, 0.717) is 16.2 Å². The van der Waals surface area contributed by atoms with E-state index in [9.17, 15) is 28.3 Å². The Labute approximate surface area is 174 Å². The molecule has 1 unspecified atom stereocenters. The molecule has 31 heavy (non-hydrogen) atoms. The maximum Gasteiger partial charge on any atom is 0.586 e. The standard InChI is InChI=1S/C20H17F2N3O6/c1-10(11-5-6-14-15(8-11)31-20(21,22)30-14)24-19(29)25-16(18(27)28)13(17(25)26)9-12-4-2-3-7-23-12/h2-8,10,13,16H,9H2,1H3,(H,24,29)(H,27,28)/t10?,13-,16+/m1/s1. The number of β-lactam (4-membered cyclic amide) rings is 1. The number of imide groups is 1. The number of alkyl halides is 2. The number of likely N-dealkylation sites (tertiary alicyclic amines) is 1. The zero-order chi connectivity index (χ0) is 22.3. The molecule has 1 aromatic carbocycles. The predicted octanol–water partition coefficient (Wildman–Crippen LogP) is 2.33. The van der Waals surface area contributed by atoms with E-state index in [1.54, 1.807) is 25.1 Å². The Balaban J connectivity index is 1.44. The minimum Gasteiger partial charge on any atom is -0.480 e. The van der Waals surface area contributed by atoms with Crippen LogP contribution in [0.1, 0.15) is 24.2 Å². The summed E-state index contributed by atoms with van der Waals surface area (Å²) in [6, 6.07) is 6.11. The van der Waals surface area contributed by atoms with Crippen LogP contribution < -0.4 is 14.8 Å². The van der Waals surface area contributed by atoms with Crippen LogP contribution in [0.2, 0.25) is 0 Å². The molecule has 2 aromatic rings. The zero-order valence-electron chi connectivity index (χ0n) is 16.1. The number of carbonyl (C=O) groups is 3. The fraction of sp³-hybridized carbons (Fsp3) is 0.300. The number of hydrogen-bond donors (Lipinski definition) is 2. The molecule has 9 nitrogen and oxygen atoms in total. The van der Waals surface area contributed by atoms with Crippen LogP contribution >= 0.6 is 0 Å². The Kier molecular flexibility index (Phi) is 4.96. The number of pyridine rings is 1. The van der Waals surface area contributed by atoms with Crippen molar-refractivity contribution in [2.75, 3.05) is 0 Å². The van der Waals surface area contributed by atoms with Crippen LogP contribution in [0.25, 0.3) is 0 Å². The highest BCUT2D eigenvalue weighted by Gasteiger charge is 2.55. The molecule has 3 amide bonds. The molecule has 0 radical (unpaired) electrons. The molecule has 3 atom stereocenters. The third kappa shape index (κ3) is 3.86. The van der Waals surface area contributed by atoms with Gasteiger partial charge in [0.05, 0.1) is 12.0 Å². The molecule has 0 aliphatic carbocycles. The molecule has 3 heterocycles. The molecule has 2 aliphatic heterocycles. The summed E-state index contributed by atoms with van der Waals surface area (Å²) >= 11 is 0. The lowest BCUT2D eigenvalue weighted by Crippen LogP contribution is -2.68. The zero-order valence-corrected chi connectivity index (χ0v) is 16.1. The summed E-state index contributed by atoms with van der Waals surface area (Å²) < 4.78 is 35.1. The Morgan fingerprint density at radius 3 is 2.68 bits per heavy atom. The maximum atomic E-state index is 13.2. The monoisotopic (exact) mass is 433 g/mol. The van der Waals surface area contributed by atoms with E-state index >= 15 is 0 Å². The summed E-state index contributed by atoms with van der Waals surface area (Å²) in [7, 11) is 0. The molecule has 11 heteroatoms. The Hall–Kier alpha value is -3.76. The molecular formula is C20H17F2N3O6. The lowest BCUT2D eigenvalue weighted by Gasteiger charge is -2.43. The highest BCUT2D eigenvalue weighted by Crippen LogP contribution is 2.42. The van der Waals surface area contributed by atoms with Crippen LogP contribution in [0.5, 0.6) is 11.5 Å². The minimum absolute atomic E-state index is 0.0896. The Morgan fingerprint density at radius 2 is 2.00 bits per heavy atom. The number of carboxylic acids is 1. The summed E-state index contributed by atoms with van der Waals surface area (Å²) in [5.41, 5.74) is 0.941. The number of carboxylic acid groups (broad SMARTS) is 1. The topological polar surface area (TPSA) is 118 Å². The Bertz CT molecular complexity index is 1050. The molecule has 0 saturated carbocycles. The number of benzene rings is 1. The van der Waals surface area contributed by atoms with Crippen LogP contribution in [-0.4, -0.2) is 45.2 Å². The van der Waals surface area contributed by atoms with Gasteiger partial charge in [0, 0.05) is 18.3 Å². The minimum atomic E-state index is -3.77. The van der Waals surface area contributed by atoms with E-state index in [0.717, 1.165) is 0 Å². The quantitative estimate of drug-likeness (QED) is 0.695. The number of hydrogen-bond acceptors (Lipinski definition) is 6. The fourth-order valence-electron chi connectivity index (χ4n) is 3.57. The number of urea groups is 1. The molecule has 2 N–H and O–H groups in total. The van der Waals surface area contributed by atoms with E-state index < -0.39 is 42.2 Å². The fourth-order valence-corrected chi connectivity index (χ4v) is 3.57. The van der Waals surface area contributed by atoms with E-state index in [2.05, 4.69) is 19.8 Å². The number of rotatable bonds is 5. The van der Waals surface area contributed by atoms with E-state index in [-0.39, 0.29) is 17.9 Å². The van der Waals surface area contributed by atoms with Crippen molar-refractivity contribution in [3.8, 4) is 11.5 Å². The van der Waals surface area contributed by atoms with E-state index in [4.69, 9.17) is 0 Å². The Morgan fingerprint density at radius 1 is 1.26 bits per heavy atom. The molecule has 162 valence electrons. The van der Waals surface area contributed by atoms with Crippen molar-refractivity contribution < 1.29 is 37.7 Å². The van der Waals surface area contributed by atoms with Crippen LogP contribution in [0.15, 0.2) is 42.6 Å². The van der Waals surface area contributed by atoms with Gasteiger partial charge in [0.2, 0.25) is 5.91 Å². The molecule has 1 fully saturated rings. The van der Waals surface area contributed by atoms with Crippen LogP contribution in [0.3, 0.4) is 0 Å². The van der Waals surface area contributed by atoms with Crippen molar-refractivity contribution >= 4 is 17.9 Å². The van der Waals surface area contributed by atoms with Gasteiger partial charge in [0.15, 0.2) is 17.5 Å². The number of ether oxygens (including phenoxy) is 2. The van der Waals surface area contributed by atoms with Crippen molar-refractivity contribution in [3.63, 3.8) is 0 Å². The van der Waals surface area contributed by atoms with Gasteiger partial charge >= 0.3 is 18.3 Å². The average Bonchev–Trinajstić information content (AvgIpc) is 3.03. The van der Waals surface area contributed by atoms with Gasteiger partial charge in [-0.2, -0.15) is 0 Å². The van der Waals surface area contributed by atoms with Crippen LogP contribution in [-0.2, 0) is 16.0 Å².